The van der Waals surface area contributed by atoms with Crippen molar-refractivity contribution in [3.8, 4) is 23.0 Å². The number of carbonyl (C=O) groups excluding carboxylic acids is 1. The Bertz CT molecular complexity index is 743. The number of thioether (sulfide) groups is 1. The maximum absolute atomic E-state index is 12.2. The number of rotatable bonds is 6. The Hall–Kier alpha value is -2.54. The molecule has 0 fully saturated rings. The molecule has 0 aromatic heterocycles. The summed E-state index contributed by atoms with van der Waals surface area (Å²) in [6.45, 7) is 1.10. The number of methoxy groups -OCH3 is 2. The lowest BCUT2D eigenvalue weighted by molar-refractivity contribution is -0.113. The summed E-state index contributed by atoms with van der Waals surface area (Å²) in [6.07, 6.45) is 0. The fourth-order valence-corrected chi connectivity index (χ4v) is 3.06. The molecule has 0 unspecified atom stereocenters. The zero-order valence-corrected chi connectivity index (χ0v) is 14.9. The number of fused-ring (bicyclic) bond motifs is 1. The summed E-state index contributed by atoms with van der Waals surface area (Å²) in [5.74, 6) is 2.86. The molecule has 25 heavy (non-hydrogen) atoms. The van der Waals surface area contributed by atoms with Crippen LogP contribution in [-0.4, -0.2) is 39.1 Å². The molecule has 0 saturated heterocycles. The molecule has 0 aliphatic carbocycles. The second kappa shape index (κ2) is 8.02. The van der Waals surface area contributed by atoms with Crippen LogP contribution in [0.3, 0.4) is 0 Å². The Morgan fingerprint density at radius 3 is 2.40 bits per heavy atom. The molecule has 2 aromatic rings. The molecule has 2 aromatic carbocycles. The summed E-state index contributed by atoms with van der Waals surface area (Å²) in [5, 5.41) is 2.85. The minimum Gasteiger partial charge on any atom is -0.497 e. The van der Waals surface area contributed by atoms with Crippen LogP contribution in [0.2, 0.25) is 0 Å². The molecule has 6 nitrogen and oxygen atoms in total. The van der Waals surface area contributed by atoms with Crippen LogP contribution in [0.1, 0.15) is 0 Å². The largest absolute Gasteiger partial charge is 0.497 e. The summed E-state index contributed by atoms with van der Waals surface area (Å²) < 4.78 is 21.4. The Labute approximate surface area is 150 Å². The second-order valence-electron chi connectivity index (χ2n) is 5.24. The van der Waals surface area contributed by atoms with Gasteiger partial charge >= 0.3 is 0 Å². The number of anilines is 1. The predicted octanol–water partition coefficient (Wildman–Crippen LogP) is 3.21. The molecule has 3 rings (SSSR count). The third-order valence-corrected chi connectivity index (χ3v) is 4.51. The van der Waals surface area contributed by atoms with Crippen LogP contribution in [0.5, 0.6) is 23.0 Å². The van der Waals surface area contributed by atoms with E-state index in [4.69, 9.17) is 18.9 Å². The first-order valence-electron chi connectivity index (χ1n) is 7.73. The topological polar surface area (TPSA) is 66.0 Å². The number of hydrogen-bond donors (Lipinski definition) is 1. The van der Waals surface area contributed by atoms with Crippen LogP contribution in [0.4, 0.5) is 5.69 Å². The highest BCUT2D eigenvalue weighted by atomic mass is 32.2. The van der Waals surface area contributed by atoms with Gasteiger partial charge in [0.15, 0.2) is 11.5 Å². The molecule has 0 radical (unpaired) electrons. The Morgan fingerprint density at radius 2 is 1.72 bits per heavy atom. The van der Waals surface area contributed by atoms with Crippen LogP contribution in [0.15, 0.2) is 41.3 Å². The molecule has 0 atom stereocenters. The van der Waals surface area contributed by atoms with Crippen LogP contribution >= 0.6 is 11.8 Å². The zero-order chi connectivity index (χ0) is 17.6. The van der Waals surface area contributed by atoms with Crippen LogP contribution in [0.25, 0.3) is 0 Å². The lowest BCUT2D eigenvalue weighted by Gasteiger charge is -2.18. The van der Waals surface area contributed by atoms with E-state index in [2.05, 4.69) is 5.32 Å². The Morgan fingerprint density at radius 1 is 1.04 bits per heavy atom. The maximum Gasteiger partial charge on any atom is 0.234 e. The number of hydrogen-bond acceptors (Lipinski definition) is 6. The molecule has 0 saturated carbocycles. The lowest BCUT2D eigenvalue weighted by Crippen LogP contribution is -2.15. The third kappa shape index (κ3) is 4.51. The summed E-state index contributed by atoms with van der Waals surface area (Å²) >= 11 is 1.43. The van der Waals surface area contributed by atoms with E-state index in [-0.39, 0.29) is 11.7 Å². The van der Waals surface area contributed by atoms with Crippen molar-refractivity contribution in [1.29, 1.82) is 0 Å². The van der Waals surface area contributed by atoms with Crippen molar-refractivity contribution in [3.63, 3.8) is 0 Å². The van der Waals surface area contributed by atoms with Crippen molar-refractivity contribution >= 4 is 23.4 Å². The number of amides is 1. The van der Waals surface area contributed by atoms with Crippen molar-refractivity contribution in [2.75, 3.05) is 38.5 Å². The molecule has 1 aliphatic rings. The smallest absolute Gasteiger partial charge is 0.234 e. The highest BCUT2D eigenvalue weighted by Gasteiger charge is 2.13. The van der Waals surface area contributed by atoms with Gasteiger partial charge in [0.1, 0.15) is 24.7 Å². The van der Waals surface area contributed by atoms with E-state index in [9.17, 15) is 4.79 Å². The first-order chi connectivity index (χ1) is 12.2. The van der Waals surface area contributed by atoms with E-state index in [0.29, 0.717) is 36.1 Å². The monoisotopic (exact) mass is 361 g/mol. The van der Waals surface area contributed by atoms with Crippen molar-refractivity contribution in [2.45, 2.75) is 4.90 Å². The van der Waals surface area contributed by atoms with Crippen LogP contribution in [-0.2, 0) is 4.79 Å². The van der Waals surface area contributed by atoms with E-state index >= 15 is 0 Å². The zero-order valence-electron chi connectivity index (χ0n) is 14.0. The standard InChI is InChI=1S/C18H19NO5S/c1-21-13-7-12(8-14(9-13)22-2)19-18(20)11-25-15-3-4-16-17(10-15)24-6-5-23-16/h3-4,7-10H,5-6,11H2,1-2H3,(H,19,20). The fourth-order valence-electron chi connectivity index (χ4n) is 2.34. The van der Waals surface area contributed by atoms with Gasteiger partial charge in [0.05, 0.1) is 20.0 Å². The van der Waals surface area contributed by atoms with Crippen LogP contribution < -0.4 is 24.3 Å². The SMILES string of the molecule is COc1cc(NC(=O)CSc2ccc3c(c2)OCCO3)cc(OC)c1. The van der Waals surface area contributed by atoms with E-state index in [1.807, 2.05) is 18.2 Å². The summed E-state index contributed by atoms with van der Waals surface area (Å²) in [7, 11) is 3.14. The van der Waals surface area contributed by atoms with Gasteiger partial charge in [-0.3, -0.25) is 4.79 Å². The highest BCUT2D eigenvalue weighted by molar-refractivity contribution is 8.00. The molecule has 1 N–H and O–H groups in total. The first kappa shape index (κ1) is 17.3. The van der Waals surface area contributed by atoms with Gasteiger partial charge < -0.3 is 24.3 Å². The molecule has 0 bridgehead atoms. The van der Waals surface area contributed by atoms with Gasteiger partial charge in [0, 0.05) is 28.8 Å². The fraction of sp³-hybridized carbons (Fsp3) is 0.278. The number of benzene rings is 2. The van der Waals surface area contributed by atoms with Crippen molar-refractivity contribution in [2.24, 2.45) is 0 Å². The van der Waals surface area contributed by atoms with Gasteiger partial charge in [-0.25, -0.2) is 0 Å². The molecule has 7 heteroatoms. The third-order valence-electron chi connectivity index (χ3n) is 3.52. The van der Waals surface area contributed by atoms with Crippen LogP contribution in [0, 0.1) is 0 Å². The average molecular weight is 361 g/mol. The van der Waals surface area contributed by atoms with Gasteiger partial charge in [0.25, 0.3) is 0 Å². The number of carbonyl (C=O) groups is 1. The quantitative estimate of drug-likeness (QED) is 0.797. The van der Waals surface area contributed by atoms with E-state index in [1.54, 1.807) is 32.4 Å². The van der Waals surface area contributed by atoms with Gasteiger partial charge in [-0.1, -0.05) is 0 Å². The Kier molecular flexibility index (Phi) is 5.55. The molecule has 132 valence electrons. The summed E-state index contributed by atoms with van der Waals surface area (Å²) in [6, 6.07) is 10.9. The second-order valence-corrected chi connectivity index (χ2v) is 6.29. The van der Waals surface area contributed by atoms with E-state index in [0.717, 1.165) is 10.6 Å². The Balaban J connectivity index is 1.59. The van der Waals surface area contributed by atoms with E-state index < -0.39 is 0 Å². The number of nitrogens with one attached hydrogen (secondary N) is 1. The summed E-state index contributed by atoms with van der Waals surface area (Å²) in [5.41, 5.74) is 0.629. The minimum absolute atomic E-state index is 0.116. The molecule has 1 heterocycles. The highest BCUT2D eigenvalue weighted by Crippen LogP contribution is 2.34. The number of ether oxygens (including phenoxy) is 4. The molecule has 0 spiro atoms. The molecular weight excluding hydrogens is 342 g/mol. The maximum atomic E-state index is 12.2. The van der Waals surface area contributed by atoms with Gasteiger partial charge in [-0.2, -0.15) is 0 Å². The average Bonchev–Trinajstić information content (AvgIpc) is 2.65. The molecular formula is C18H19NO5S. The minimum atomic E-state index is -0.116. The molecule has 1 amide bonds. The first-order valence-corrected chi connectivity index (χ1v) is 8.72. The van der Waals surface area contributed by atoms with Crippen molar-refractivity contribution in [1.82, 2.24) is 0 Å². The van der Waals surface area contributed by atoms with Gasteiger partial charge in [0.2, 0.25) is 5.91 Å². The van der Waals surface area contributed by atoms with Crippen molar-refractivity contribution < 1.29 is 23.7 Å². The van der Waals surface area contributed by atoms with E-state index in [1.165, 1.54) is 11.8 Å². The van der Waals surface area contributed by atoms with Gasteiger partial charge in [-0.05, 0) is 18.2 Å². The lowest BCUT2D eigenvalue weighted by atomic mass is 10.2. The summed E-state index contributed by atoms with van der Waals surface area (Å²) in [4.78, 5) is 13.2. The normalized spacial score (nSPS) is 12.4. The predicted molar refractivity (Wildman–Crippen MR) is 96.3 cm³/mol. The van der Waals surface area contributed by atoms with Crippen molar-refractivity contribution in [3.05, 3.63) is 36.4 Å². The van der Waals surface area contributed by atoms with Gasteiger partial charge in [-0.15, -0.1) is 11.8 Å². The molecule has 1 aliphatic heterocycles.